The molecule has 6 saturated heterocycles. The lowest BCUT2D eigenvalue weighted by molar-refractivity contribution is -0.176. The van der Waals surface area contributed by atoms with Crippen LogP contribution in [0.4, 0.5) is 0 Å². The average molecular weight is 395 g/mol. The summed E-state index contributed by atoms with van der Waals surface area (Å²) in [6.45, 7) is 12.8. The maximum atomic E-state index is 12.1. The summed E-state index contributed by atoms with van der Waals surface area (Å²) < 4.78 is 0. The van der Waals surface area contributed by atoms with Gasteiger partial charge in [0.1, 0.15) is 6.29 Å². The Morgan fingerprint density at radius 3 is 2.00 bits per heavy atom. The summed E-state index contributed by atoms with van der Waals surface area (Å²) in [5, 5.41) is 6.96. The van der Waals surface area contributed by atoms with Crippen molar-refractivity contribution < 1.29 is 4.79 Å². The molecule has 9 nitrogen and oxygen atoms in total. The number of carbonyl (C=O) groups is 1. The van der Waals surface area contributed by atoms with Crippen LogP contribution in [0.3, 0.4) is 0 Å². The molecule has 6 rings (SSSR count). The van der Waals surface area contributed by atoms with Gasteiger partial charge in [0.25, 0.3) is 0 Å². The number of carbonyl (C=O) groups excluding carboxylic acids is 1. The van der Waals surface area contributed by atoms with Crippen LogP contribution in [0.1, 0.15) is 6.92 Å². The van der Waals surface area contributed by atoms with Crippen LogP contribution in [0.2, 0.25) is 0 Å². The molecule has 6 aliphatic heterocycles. The smallest absolute Gasteiger partial charge is 0.217 e. The number of hydrogen-bond acceptors (Lipinski definition) is 8. The van der Waals surface area contributed by atoms with Crippen molar-refractivity contribution in [2.45, 2.75) is 24.3 Å². The number of amides is 1. The van der Waals surface area contributed by atoms with Crippen molar-refractivity contribution in [1.82, 2.24) is 35.1 Å². The van der Waals surface area contributed by atoms with Gasteiger partial charge in [-0.3, -0.25) is 19.5 Å². The van der Waals surface area contributed by atoms with E-state index in [1.807, 2.05) is 0 Å². The van der Waals surface area contributed by atoms with E-state index < -0.39 is 0 Å². The molecule has 0 aromatic rings. The van der Waals surface area contributed by atoms with E-state index in [1.54, 1.807) is 6.92 Å². The highest BCUT2D eigenvalue weighted by atomic mass is 16.1. The maximum Gasteiger partial charge on any atom is 0.217 e. The zero-order valence-electron chi connectivity index (χ0n) is 17.8. The third-order valence-electron chi connectivity index (χ3n) is 6.70. The Balaban J connectivity index is 1.68. The van der Waals surface area contributed by atoms with E-state index in [0.717, 1.165) is 78.5 Å². The van der Waals surface area contributed by atoms with E-state index in [-0.39, 0.29) is 17.0 Å². The Labute approximate surface area is 169 Å². The van der Waals surface area contributed by atoms with Crippen LogP contribution in [-0.4, -0.2) is 140 Å². The fourth-order valence-corrected chi connectivity index (χ4v) is 5.88. The third kappa shape index (κ3) is 4.21. The summed E-state index contributed by atoms with van der Waals surface area (Å²) in [5.74, 6) is 0.0443. The second kappa shape index (κ2) is 7.79. The van der Waals surface area contributed by atoms with Gasteiger partial charge in [0.2, 0.25) is 5.91 Å². The van der Waals surface area contributed by atoms with E-state index in [1.165, 1.54) is 0 Å². The Morgan fingerprint density at radius 1 is 0.929 bits per heavy atom. The van der Waals surface area contributed by atoms with E-state index in [0.29, 0.717) is 6.29 Å². The molecule has 3 unspecified atom stereocenters. The molecule has 1 amide bonds. The highest BCUT2D eigenvalue weighted by Crippen LogP contribution is 2.30. The molecule has 28 heavy (non-hydrogen) atoms. The summed E-state index contributed by atoms with van der Waals surface area (Å²) in [4.78, 5) is 24.5. The molecule has 6 fully saturated rings. The maximum absolute atomic E-state index is 12.1. The molecule has 0 aliphatic carbocycles. The Hall–Kier alpha value is -0.810. The van der Waals surface area contributed by atoms with E-state index in [2.05, 4.69) is 49.2 Å². The molecular weight excluding hydrogens is 356 g/mol. The van der Waals surface area contributed by atoms with Crippen LogP contribution in [0.15, 0.2) is 0 Å². The minimum absolute atomic E-state index is 0.0443. The van der Waals surface area contributed by atoms with Crippen molar-refractivity contribution in [3.63, 3.8) is 0 Å². The van der Waals surface area contributed by atoms with Gasteiger partial charge in [-0.1, -0.05) is 0 Å². The van der Waals surface area contributed by atoms with Crippen LogP contribution in [-0.2, 0) is 4.79 Å². The number of rotatable bonds is 1. The van der Waals surface area contributed by atoms with E-state index in [9.17, 15) is 4.79 Å². The molecule has 0 radical (unpaired) electrons. The molecule has 0 aromatic heterocycles. The normalized spacial score (nSPS) is 45.6. The average Bonchev–Trinajstić information content (AvgIpc) is 2.59. The van der Waals surface area contributed by atoms with E-state index >= 15 is 0 Å². The topological polar surface area (TPSA) is 83.3 Å². The van der Waals surface area contributed by atoms with Crippen LogP contribution in [0.25, 0.3) is 0 Å². The molecule has 3 atom stereocenters. The summed E-state index contributed by atoms with van der Waals surface area (Å²) in [5.41, 5.74) is 6.42. The van der Waals surface area contributed by atoms with Gasteiger partial charge in [-0.25, -0.2) is 0 Å². The lowest BCUT2D eigenvalue weighted by atomic mass is 9.90. The number of nitrogens with zero attached hydrogens (tertiary/aromatic N) is 5. The molecule has 6 bridgehead atoms. The summed E-state index contributed by atoms with van der Waals surface area (Å²) in [6.07, 6.45) is 0.355. The predicted molar refractivity (Wildman–Crippen MR) is 110 cm³/mol. The molecule has 4 N–H and O–H groups in total. The SMILES string of the molecule is CC(=O)NC12CNCCN3CC4(N)CN(CCN(C)C1)C3N(CCN(C)C2)C4. The number of nitrogens with two attached hydrogens (primary N) is 1. The zero-order valence-corrected chi connectivity index (χ0v) is 17.8. The van der Waals surface area contributed by atoms with E-state index in [4.69, 9.17) is 5.73 Å². The molecule has 0 saturated carbocycles. The molecule has 0 aromatic carbocycles. The fourth-order valence-electron chi connectivity index (χ4n) is 5.88. The lowest BCUT2D eigenvalue weighted by Gasteiger charge is -2.62. The van der Waals surface area contributed by atoms with Crippen molar-refractivity contribution >= 4 is 5.91 Å². The molecule has 6 aliphatic rings. The number of fused-ring (bicyclic) bond motifs is 9. The highest BCUT2D eigenvalue weighted by Gasteiger charge is 2.50. The lowest BCUT2D eigenvalue weighted by Crippen LogP contribution is -2.82. The largest absolute Gasteiger partial charge is 0.347 e. The first kappa shape index (κ1) is 20.5. The van der Waals surface area contributed by atoms with Crippen molar-refractivity contribution in [2.75, 3.05) is 92.6 Å². The van der Waals surface area contributed by atoms with Gasteiger partial charge < -0.3 is 26.2 Å². The minimum Gasteiger partial charge on any atom is -0.347 e. The molecule has 160 valence electrons. The fraction of sp³-hybridized carbons (Fsp3) is 0.947. The molecular formula is C19H38N8O. The van der Waals surface area contributed by atoms with Crippen LogP contribution < -0.4 is 16.4 Å². The second-order valence-corrected chi connectivity index (χ2v) is 9.73. The van der Waals surface area contributed by atoms with Gasteiger partial charge in [0.05, 0.1) is 11.1 Å². The van der Waals surface area contributed by atoms with Gasteiger partial charge in [-0.05, 0) is 14.1 Å². The van der Waals surface area contributed by atoms with Gasteiger partial charge in [0.15, 0.2) is 0 Å². The Kier molecular flexibility index (Phi) is 5.69. The Morgan fingerprint density at radius 2 is 1.46 bits per heavy atom. The van der Waals surface area contributed by atoms with Crippen LogP contribution in [0, 0.1) is 0 Å². The highest BCUT2D eigenvalue weighted by molar-refractivity contribution is 5.74. The quantitative estimate of drug-likeness (QED) is 0.442. The second-order valence-electron chi connectivity index (χ2n) is 9.73. The van der Waals surface area contributed by atoms with Gasteiger partial charge in [-0.2, -0.15) is 0 Å². The van der Waals surface area contributed by atoms with Crippen LogP contribution in [0.5, 0.6) is 0 Å². The van der Waals surface area contributed by atoms with Gasteiger partial charge in [0, 0.05) is 85.5 Å². The molecule has 6 heterocycles. The standard InChI is InChI=1S/C19H38N8O/c1-16(28)22-19-10-21-4-5-25-11-18(20)12-26(8-6-23(2)14-19)17(25)27(13-18)9-7-24(3)15-19/h17,21H,4-15,20H2,1-3H3,(H,22,28). The summed E-state index contributed by atoms with van der Waals surface area (Å²) in [7, 11) is 4.34. The molecule has 0 spiro atoms. The van der Waals surface area contributed by atoms with Crippen LogP contribution >= 0.6 is 0 Å². The summed E-state index contributed by atoms with van der Waals surface area (Å²) >= 11 is 0. The van der Waals surface area contributed by atoms with Crippen molar-refractivity contribution in [3.05, 3.63) is 0 Å². The predicted octanol–water partition coefficient (Wildman–Crippen LogP) is -2.74. The summed E-state index contributed by atoms with van der Waals surface area (Å²) in [6, 6.07) is 0. The minimum atomic E-state index is -0.292. The van der Waals surface area contributed by atoms with Crippen molar-refractivity contribution in [1.29, 1.82) is 0 Å². The number of likely N-dealkylation sites (N-methyl/N-ethyl adjacent to an activating group) is 2. The van der Waals surface area contributed by atoms with Crippen molar-refractivity contribution in [2.24, 2.45) is 5.73 Å². The number of hydrogen-bond donors (Lipinski definition) is 3. The monoisotopic (exact) mass is 394 g/mol. The number of nitrogens with one attached hydrogen (secondary N) is 2. The molecule has 9 heteroatoms. The first-order valence-electron chi connectivity index (χ1n) is 10.7. The first-order chi connectivity index (χ1) is 13.3. The van der Waals surface area contributed by atoms with Gasteiger partial charge in [-0.15, -0.1) is 0 Å². The Bertz CT molecular complexity index is 560. The first-order valence-corrected chi connectivity index (χ1v) is 10.7. The van der Waals surface area contributed by atoms with Crippen molar-refractivity contribution in [3.8, 4) is 0 Å². The third-order valence-corrected chi connectivity index (χ3v) is 6.70. The van der Waals surface area contributed by atoms with Gasteiger partial charge >= 0.3 is 0 Å². The zero-order chi connectivity index (χ0) is 19.9.